The van der Waals surface area contributed by atoms with E-state index in [1.165, 1.54) is 36.0 Å². The average molecular weight is 878 g/mol. The molecule has 2 N–H and O–H groups in total. The number of halogens is 2. The van der Waals surface area contributed by atoms with E-state index in [2.05, 4.69) is 78.0 Å². The summed E-state index contributed by atoms with van der Waals surface area (Å²) < 4.78 is 5.10. The summed E-state index contributed by atoms with van der Waals surface area (Å²) in [5, 5.41) is 7.40. The third kappa shape index (κ3) is 12.1. The molecule has 2 aliphatic carbocycles. The number of carbonyl (C=O) groups is 2. The molecule has 1 aromatic carbocycles. The Kier molecular flexibility index (Phi) is 17.0. The van der Waals surface area contributed by atoms with Gasteiger partial charge in [-0.2, -0.15) is 0 Å². The number of amides is 3. The standard InChI is InChI=1S/C35H45BrClN7O2.C9H17N3/c1-2-14-42(16-6-15-41-17-13-38-24-41)34(45)31-23-43(18-19-44(31)35(46)40-29-7-4-3-5-8-29)33-30-12-11-28(37)21-25(30)9-10-26-20-27(36)22-39-32(26)33;1-2-4-10-5-3-7-12-8-6-11-9-12/h11-13,17,20-22,24,29,31,33H,2-10,14-16,18-19,23H2,1H3,(H,40,46);6,8-10H,2-5,7H2,1H3/t31-,33?;/m1./s1. The molecule has 1 unspecified atom stereocenters. The molecular weight excluding hydrogens is 816 g/mol. The van der Waals surface area contributed by atoms with Crippen molar-refractivity contribution in [3.05, 3.63) is 99.8 Å². The number of aryl methyl sites for hydroxylation is 4. The van der Waals surface area contributed by atoms with Gasteiger partial charge in [0.2, 0.25) is 5.91 Å². The molecule has 0 spiro atoms. The van der Waals surface area contributed by atoms with Crippen LogP contribution in [0.25, 0.3) is 0 Å². The van der Waals surface area contributed by atoms with Gasteiger partial charge < -0.3 is 29.6 Å². The first-order valence-corrected chi connectivity index (χ1v) is 22.7. The number of fused-ring (bicyclic) bond motifs is 2. The molecule has 4 heterocycles. The van der Waals surface area contributed by atoms with Gasteiger partial charge in [0.05, 0.1) is 24.4 Å². The second kappa shape index (κ2) is 22.6. The Bertz CT molecular complexity index is 1800. The number of pyridine rings is 1. The number of piperazine rings is 1. The topological polar surface area (TPSA) is 116 Å². The minimum Gasteiger partial charge on any atom is -0.341 e. The number of hydrogen-bond acceptors (Lipinski definition) is 7. The number of hydrogen-bond donors (Lipinski definition) is 2. The van der Waals surface area contributed by atoms with Crippen LogP contribution in [-0.4, -0.2) is 109 Å². The third-order valence-corrected chi connectivity index (χ3v) is 12.2. The van der Waals surface area contributed by atoms with Gasteiger partial charge in [0.1, 0.15) is 6.04 Å². The summed E-state index contributed by atoms with van der Waals surface area (Å²) >= 11 is 10.1. The zero-order chi connectivity index (χ0) is 40.7. The number of urea groups is 1. The Balaban J connectivity index is 0.000000406. The number of nitrogens with zero attached hydrogens (tertiary/aromatic N) is 8. The molecule has 1 saturated carbocycles. The third-order valence-electron chi connectivity index (χ3n) is 11.5. The van der Waals surface area contributed by atoms with Gasteiger partial charge in [-0.1, -0.05) is 50.8 Å². The molecular formula is C44H62BrClN10O2. The molecule has 1 aliphatic heterocycles. The molecule has 12 nitrogen and oxygen atoms in total. The molecule has 2 atom stereocenters. The van der Waals surface area contributed by atoms with Crippen molar-refractivity contribution in [2.75, 3.05) is 45.8 Å². The molecule has 4 aromatic rings. The average Bonchev–Trinajstić information content (AvgIpc) is 3.94. The fourth-order valence-corrected chi connectivity index (χ4v) is 9.14. The highest BCUT2D eigenvalue weighted by Gasteiger charge is 2.42. The minimum atomic E-state index is -0.602. The fourth-order valence-electron chi connectivity index (χ4n) is 8.56. The van der Waals surface area contributed by atoms with Gasteiger partial charge in [-0.15, -0.1) is 0 Å². The second-order valence-electron chi connectivity index (χ2n) is 15.8. The second-order valence-corrected chi connectivity index (χ2v) is 17.2. The van der Waals surface area contributed by atoms with E-state index in [4.69, 9.17) is 16.6 Å². The summed E-state index contributed by atoms with van der Waals surface area (Å²) in [4.78, 5) is 47.8. The lowest BCUT2D eigenvalue weighted by Crippen LogP contribution is -2.64. The molecule has 314 valence electrons. The van der Waals surface area contributed by atoms with E-state index < -0.39 is 6.04 Å². The highest BCUT2D eigenvalue weighted by atomic mass is 79.9. The summed E-state index contributed by atoms with van der Waals surface area (Å²) in [7, 11) is 0. The summed E-state index contributed by atoms with van der Waals surface area (Å²) in [6.45, 7) is 11.2. The molecule has 3 amide bonds. The number of rotatable bonds is 15. The molecule has 58 heavy (non-hydrogen) atoms. The van der Waals surface area contributed by atoms with Crippen molar-refractivity contribution in [3.8, 4) is 0 Å². The van der Waals surface area contributed by atoms with Crippen LogP contribution in [0.3, 0.4) is 0 Å². The van der Waals surface area contributed by atoms with E-state index in [1.807, 2.05) is 57.9 Å². The van der Waals surface area contributed by atoms with Gasteiger partial charge in [-0.25, -0.2) is 14.8 Å². The molecule has 0 radical (unpaired) electrons. The highest BCUT2D eigenvalue weighted by Crippen LogP contribution is 2.39. The van der Waals surface area contributed by atoms with Gasteiger partial charge in [0, 0.05) is 92.3 Å². The molecule has 1 saturated heterocycles. The van der Waals surface area contributed by atoms with Crippen LogP contribution in [0.2, 0.25) is 5.02 Å². The van der Waals surface area contributed by atoms with Crippen molar-refractivity contribution < 1.29 is 9.59 Å². The van der Waals surface area contributed by atoms with Crippen molar-refractivity contribution >= 4 is 39.5 Å². The largest absolute Gasteiger partial charge is 0.341 e. The molecule has 0 bridgehead atoms. The number of carbonyl (C=O) groups excluding carboxylic acids is 2. The first kappa shape index (κ1) is 43.8. The highest BCUT2D eigenvalue weighted by molar-refractivity contribution is 9.10. The summed E-state index contributed by atoms with van der Waals surface area (Å²) in [5.74, 6) is 0.0184. The van der Waals surface area contributed by atoms with Crippen LogP contribution in [0.1, 0.15) is 100 Å². The quantitative estimate of drug-likeness (QED) is 0.119. The smallest absolute Gasteiger partial charge is 0.318 e. The van der Waals surface area contributed by atoms with E-state index >= 15 is 0 Å². The Labute approximate surface area is 358 Å². The molecule has 3 aromatic heterocycles. The Morgan fingerprint density at radius 2 is 1.64 bits per heavy atom. The maximum absolute atomic E-state index is 14.6. The van der Waals surface area contributed by atoms with E-state index in [1.54, 1.807) is 6.20 Å². The van der Waals surface area contributed by atoms with Crippen molar-refractivity contribution in [3.63, 3.8) is 0 Å². The van der Waals surface area contributed by atoms with Crippen LogP contribution >= 0.6 is 27.5 Å². The maximum atomic E-state index is 14.6. The lowest BCUT2D eigenvalue weighted by molar-refractivity contribution is -0.138. The lowest BCUT2D eigenvalue weighted by Gasteiger charge is -2.45. The van der Waals surface area contributed by atoms with Crippen molar-refractivity contribution in [1.29, 1.82) is 0 Å². The number of imidazole rings is 2. The number of benzene rings is 1. The van der Waals surface area contributed by atoms with Crippen molar-refractivity contribution in [2.45, 2.75) is 116 Å². The van der Waals surface area contributed by atoms with Crippen molar-refractivity contribution in [2.24, 2.45) is 0 Å². The van der Waals surface area contributed by atoms with E-state index in [9.17, 15) is 9.59 Å². The van der Waals surface area contributed by atoms with Gasteiger partial charge in [0.15, 0.2) is 0 Å². The molecule has 14 heteroatoms. The maximum Gasteiger partial charge on any atom is 0.318 e. The first-order chi connectivity index (χ1) is 28.3. The van der Waals surface area contributed by atoms with Crippen LogP contribution in [0.5, 0.6) is 0 Å². The minimum absolute atomic E-state index is 0.0184. The van der Waals surface area contributed by atoms with E-state index in [-0.39, 0.29) is 24.0 Å². The van der Waals surface area contributed by atoms with Crippen molar-refractivity contribution in [1.82, 2.24) is 49.4 Å². The summed E-state index contributed by atoms with van der Waals surface area (Å²) in [5.41, 5.74) is 4.59. The van der Waals surface area contributed by atoms with Crippen LogP contribution in [0, 0.1) is 0 Å². The zero-order valence-electron chi connectivity index (χ0n) is 34.4. The molecule has 7 rings (SSSR count). The Morgan fingerprint density at radius 3 is 2.34 bits per heavy atom. The van der Waals surface area contributed by atoms with Gasteiger partial charge in [0.25, 0.3) is 0 Å². The SMILES string of the molecule is CCCN(CCCn1ccnc1)C(=O)[C@H]1CN(C2c3ccc(Cl)cc3CCc3cc(Br)cnc32)CCN1C(=O)NC1CCCCC1.CCCNCCCn1ccnc1. The van der Waals surface area contributed by atoms with Gasteiger partial charge in [-0.05, 0) is 115 Å². The van der Waals surface area contributed by atoms with Gasteiger partial charge in [-0.3, -0.25) is 14.7 Å². The summed E-state index contributed by atoms with van der Waals surface area (Å²) in [6.07, 6.45) is 24.4. The molecule has 2 fully saturated rings. The Hall–Kier alpha value is -3.78. The van der Waals surface area contributed by atoms with Crippen LogP contribution < -0.4 is 10.6 Å². The zero-order valence-corrected chi connectivity index (χ0v) is 36.7. The van der Waals surface area contributed by atoms with Crippen LogP contribution in [-0.2, 0) is 30.7 Å². The number of nitrogens with one attached hydrogen (secondary N) is 2. The normalized spacial score (nSPS) is 18.4. The van der Waals surface area contributed by atoms with E-state index in [0.29, 0.717) is 32.7 Å². The predicted molar refractivity (Wildman–Crippen MR) is 234 cm³/mol. The van der Waals surface area contributed by atoms with E-state index in [0.717, 1.165) is 92.7 Å². The first-order valence-electron chi connectivity index (χ1n) is 21.5. The molecule has 3 aliphatic rings. The number of aromatic nitrogens is 5. The lowest BCUT2D eigenvalue weighted by atomic mass is 9.94. The van der Waals surface area contributed by atoms with Crippen LogP contribution in [0.15, 0.2) is 72.4 Å². The monoisotopic (exact) mass is 876 g/mol. The Morgan fingerprint density at radius 1 is 0.897 bits per heavy atom. The fraction of sp³-hybridized carbons (Fsp3) is 0.568. The summed E-state index contributed by atoms with van der Waals surface area (Å²) in [6, 6.07) is 7.64. The van der Waals surface area contributed by atoms with Gasteiger partial charge >= 0.3 is 6.03 Å². The van der Waals surface area contributed by atoms with Crippen LogP contribution in [0.4, 0.5) is 4.79 Å². The predicted octanol–water partition coefficient (Wildman–Crippen LogP) is 7.51.